The molecule has 0 radical (unpaired) electrons. The van der Waals surface area contributed by atoms with Crippen LogP contribution < -0.4 is 11.1 Å². The Bertz CT molecular complexity index is 1470. The van der Waals surface area contributed by atoms with E-state index < -0.39 is 35.6 Å². The van der Waals surface area contributed by atoms with Gasteiger partial charge in [0.05, 0.1) is 18.7 Å². The van der Waals surface area contributed by atoms with E-state index in [2.05, 4.69) is 25.8 Å². The van der Waals surface area contributed by atoms with E-state index in [0.29, 0.717) is 46.0 Å². The highest BCUT2D eigenvalue weighted by Crippen LogP contribution is 2.42. The molecule has 1 saturated carbocycles. The maximum absolute atomic E-state index is 14.1. The SMILES string of the molecule is CCCC(=O)OC(OC(=O)C1=C(CSc2nnnn2CCN(C)C)CS[C@H]2[C@H](NC(=O)Cc3csc(N)n3)C(=O)N12)C1CCCCC1. The van der Waals surface area contributed by atoms with Crippen molar-refractivity contribution in [2.45, 2.75) is 87.7 Å². The first-order valence-corrected chi connectivity index (χ1v) is 18.7. The second-order valence-corrected chi connectivity index (χ2v) is 14.9. The van der Waals surface area contributed by atoms with Crippen LogP contribution in [-0.2, 0) is 41.6 Å². The first kappa shape index (κ1) is 35.1. The molecular formula is C29H41N9O6S3. The predicted octanol–water partition coefficient (Wildman–Crippen LogP) is 2.06. The number of β-lactam (4-membered cyclic amide) rings is 1. The van der Waals surface area contributed by atoms with E-state index in [1.807, 2.05) is 25.9 Å². The number of carbonyl (C=O) groups excluding carboxylic acids is 4. The molecule has 1 aliphatic carbocycles. The standard InChI is InChI=1S/C29H41N9O6S3/c1-4-8-21(40)43-27(17-9-6-5-7-10-17)44-26(42)23-18(15-47-29-33-34-35-37(29)12-11-36(2)3)14-45-25-22(24(41)38(23)25)32-20(39)13-19-16-46-28(30)31-19/h16-17,22,25,27H,4-15H2,1-3H3,(H2,30,31)(H,32,39)/t22-,25+,27?/m1/s1. The molecule has 2 fully saturated rings. The normalized spacial score (nSPS) is 20.5. The van der Waals surface area contributed by atoms with Gasteiger partial charge in [-0.2, -0.15) is 0 Å². The number of rotatable bonds is 15. The largest absolute Gasteiger partial charge is 0.425 e. The van der Waals surface area contributed by atoms with E-state index in [9.17, 15) is 19.2 Å². The van der Waals surface area contributed by atoms with E-state index in [4.69, 9.17) is 15.2 Å². The zero-order valence-electron chi connectivity index (χ0n) is 26.8. The Morgan fingerprint density at radius 3 is 2.70 bits per heavy atom. The number of nitrogens with two attached hydrogens (primary N) is 1. The van der Waals surface area contributed by atoms with Crippen LogP contribution in [-0.4, -0.2) is 109 Å². The average molecular weight is 708 g/mol. The Morgan fingerprint density at radius 2 is 2.00 bits per heavy atom. The zero-order valence-corrected chi connectivity index (χ0v) is 29.2. The number of nitrogens with one attached hydrogen (secondary N) is 1. The third-order valence-electron chi connectivity index (χ3n) is 8.06. The highest BCUT2D eigenvalue weighted by Gasteiger charge is 2.54. The van der Waals surface area contributed by atoms with Crippen LogP contribution in [0, 0.1) is 5.92 Å². The van der Waals surface area contributed by atoms with Crippen LogP contribution in [0.2, 0.25) is 0 Å². The summed E-state index contributed by atoms with van der Waals surface area (Å²) in [6.07, 6.45) is 4.28. The van der Waals surface area contributed by atoms with Crippen molar-refractivity contribution in [2.75, 3.05) is 37.9 Å². The summed E-state index contributed by atoms with van der Waals surface area (Å²) < 4.78 is 13.4. The van der Waals surface area contributed by atoms with Gasteiger partial charge in [0, 0.05) is 35.8 Å². The maximum atomic E-state index is 14.1. The minimum Gasteiger partial charge on any atom is -0.425 e. The van der Waals surface area contributed by atoms with Crippen molar-refractivity contribution in [3.05, 3.63) is 22.3 Å². The fraction of sp³-hybridized carbons (Fsp3) is 0.655. The van der Waals surface area contributed by atoms with Crippen molar-refractivity contribution in [1.29, 1.82) is 0 Å². The molecule has 0 aromatic carbocycles. The van der Waals surface area contributed by atoms with Gasteiger partial charge in [-0.3, -0.25) is 19.3 Å². The molecule has 1 unspecified atom stereocenters. The number of nitrogens with zero attached hydrogens (tertiary/aromatic N) is 7. The molecule has 3 aliphatic rings. The third kappa shape index (κ3) is 8.83. The number of anilines is 1. The molecule has 2 aromatic rings. The Morgan fingerprint density at radius 1 is 1.21 bits per heavy atom. The number of amides is 2. The Labute approximate surface area is 285 Å². The topological polar surface area (TPSA) is 188 Å². The Balaban J connectivity index is 1.36. The van der Waals surface area contributed by atoms with Crippen molar-refractivity contribution in [3.63, 3.8) is 0 Å². The summed E-state index contributed by atoms with van der Waals surface area (Å²) in [7, 11) is 3.93. The minimum absolute atomic E-state index is 0.0176. The van der Waals surface area contributed by atoms with E-state index in [1.54, 1.807) is 10.1 Å². The number of fused-ring (bicyclic) bond motifs is 1. The van der Waals surface area contributed by atoms with Gasteiger partial charge >= 0.3 is 11.9 Å². The molecular weight excluding hydrogens is 667 g/mol. The van der Waals surface area contributed by atoms with Crippen LogP contribution in [0.5, 0.6) is 0 Å². The van der Waals surface area contributed by atoms with E-state index in [1.165, 1.54) is 39.8 Å². The first-order chi connectivity index (χ1) is 22.6. The lowest BCUT2D eigenvalue weighted by Crippen LogP contribution is -2.70. The second-order valence-electron chi connectivity index (χ2n) is 11.9. The molecule has 4 heterocycles. The molecule has 3 N–H and O–H groups in total. The van der Waals surface area contributed by atoms with Crippen molar-refractivity contribution in [3.8, 4) is 0 Å². The summed E-state index contributed by atoms with van der Waals surface area (Å²) in [6.45, 7) is 3.20. The molecule has 3 atom stereocenters. The lowest BCUT2D eigenvalue weighted by Gasteiger charge is -2.50. The molecule has 0 spiro atoms. The van der Waals surface area contributed by atoms with Gasteiger partial charge in [-0.15, -0.1) is 28.2 Å². The number of likely N-dealkylation sites (N-methyl/N-ethyl adjacent to an activating group) is 1. The van der Waals surface area contributed by atoms with E-state index in [0.717, 1.165) is 38.6 Å². The van der Waals surface area contributed by atoms with Crippen LogP contribution in [0.15, 0.2) is 21.8 Å². The number of tetrazole rings is 1. The molecule has 2 aliphatic heterocycles. The number of thiazole rings is 1. The fourth-order valence-corrected chi connectivity index (χ4v) is 8.59. The van der Waals surface area contributed by atoms with Crippen molar-refractivity contribution < 1.29 is 28.7 Å². The summed E-state index contributed by atoms with van der Waals surface area (Å²) in [5.74, 6) is -1.34. The molecule has 15 nitrogen and oxygen atoms in total. The lowest BCUT2D eigenvalue weighted by molar-refractivity contribution is -0.199. The summed E-state index contributed by atoms with van der Waals surface area (Å²) in [6, 6.07) is -0.824. The van der Waals surface area contributed by atoms with Gasteiger partial charge in [0.15, 0.2) is 5.13 Å². The highest BCUT2D eigenvalue weighted by molar-refractivity contribution is 8.01. The van der Waals surface area contributed by atoms with E-state index in [-0.39, 0.29) is 30.4 Å². The molecule has 1 saturated heterocycles. The van der Waals surface area contributed by atoms with Crippen LogP contribution in [0.1, 0.15) is 57.6 Å². The number of nitrogen functional groups attached to an aromatic ring is 1. The van der Waals surface area contributed by atoms with Gasteiger partial charge in [-0.1, -0.05) is 37.9 Å². The van der Waals surface area contributed by atoms with Crippen LogP contribution in [0.3, 0.4) is 0 Å². The van der Waals surface area contributed by atoms with Gasteiger partial charge in [-0.25, -0.2) is 14.5 Å². The summed E-state index contributed by atoms with van der Waals surface area (Å²) >= 11 is 4.05. The molecule has 2 amide bonds. The van der Waals surface area contributed by atoms with E-state index >= 15 is 0 Å². The quantitative estimate of drug-likeness (QED) is 0.118. The predicted molar refractivity (Wildman–Crippen MR) is 177 cm³/mol. The lowest BCUT2D eigenvalue weighted by atomic mass is 9.88. The number of ether oxygens (including phenoxy) is 2. The van der Waals surface area contributed by atoms with Gasteiger partial charge in [0.1, 0.15) is 17.1 Å². The van der Waals surface area contributed by atoms with Gasteiger partial charge in [-0.05, 0) is 49.4 Å². The smallest absolute Gasteiger partial charge is 0.358 e. The molecule has 5 rings (SSSR count). The fourth-order valence-electron chi connectivity index (χ4n) is 5.64. The van der Waals surface area contributed by atoms with Gasteiger partial charge in [0.25, 0.3) is 12.2 Å². The Hall–Kier alpha value is -3.22. The van der Waals surface area contributed by atoms with Crippen molar-refractivity contribution in [2.24, 2.45) is 5.92 Å². The summed E-state index contributed by atoms with van der Waals surface area (Å²) in [5, 5.41) is 17.0. The van der Waals surface area contributed by atoms with Crippen LogP contribution >= 0.6 is 34.9 Å². The molecule has 0 bridgehead atoms. The summed E-state index contributed by atoms with van der Waals surface area (Å²) in [5.41, 5.74) is 7.00. The van der Waals surface area contributed by atoms with Crippen molar-refractivity contribution >= 4 is 63.7 Å². The summed E-state index contributed by atoms with van der Waals surface area (Å²) in [4.78, 5) is 60.6. The number of hydrogen-bond acceptors (Lipinski definition) is 15. The van der Waals surface area contributed by atoms with Crippen LogP contribution in [0.25, 0.3) is 0 Å². The zero-order chi connectivity index (χ0) is 33.5. The maximum Gasteiger partial charge on any atom is 0.358 e. The first-order valence-electron chi connectivity index (χ1n) is 15.7. The van der Waals surface area contributed by atoms with Crippen LogP contribution in [0.4, 0.5) is 5.13 Å². The minimum atomic E-state index is -1.05. The van der Waals surface area contributed by atoms with Gasteiger partial charge < -0.3 is 25.4 Å². The molecule has 47 heavy (non-hydrogen) atoms. The number of hydrogen-bond donors (Lipinski definition) is 2. The Kier molecular flexibility index (Phi) is 12.1. The molecule has 256 valence electrons. The van der Waals surface area contributed by atoms with Crippen molar-refractivity contribution in [1.82, 2.24) is 40.3 Å². The number of carbonyl (C=O) groups is 4. The third-order valence-corrected chi connectivity index (χ3v) is 11.2. The molecule has 18 heteroatoms. The number of esters is 2. The number of thioether (sulfide) groups is 2. The average Bonchev–Trinajstić information content (AvgIpc) is 3.68. The molecule has 2 aromatic heterocycles. The second kappa shape index (κ2) is 16.3. The van der Waals surface area contributed by atoms with Gasteiger partial charge in [0.2, 0.25) is 11.1 Å². The monoisotopic (exact) mass is 707 g/mol. The number of aromatic nitrogens is 5. The highest BCUT2D eigenvalue weighted by atomic mass is 32.2.